The molecule has 1 unspecified atom stereocenters. The molecule has 0 spiro atoms. The third-order valence-corrected chi connectivity index (χ3v) is 4.75. The topological polar surface area (TPSA) is 47.9 Å². The summed E-state index contributed by atoms with van der Waals surface area (Å²) in [5, 5.41) is 4.01. The van der Waals surface area contributed by atoms with E-state index < -0.39 is 0 Å². The Morgan fingerprint density at radius 2 is 2.23 bits per heavy atom. The summed E-state index contributed by atoms with van der Waals surface area (Å²) in [4.78, 5) is 20.7. The molecule has 1 fully saturated rings. The second kappa shape index (κ2) is 11.6. The van der Waals surface area contributed by atoms with E-state index in [9.17, 15) is 4.79 Å². The number of rotatable bonds is 5. The molecular formula is C19H30ClIN4O. The van der Waals surface area contributed by atoms with Gasteiger partial charge in [0.15, 0.2) is 5.96 Å². The van der Waals surface area contributed by atoms with Crippen LogP contribution in [0.3, 0.4) is 0 Å². The van der Waals surface area contributed by atoms with E-state index >= 15 is 0 Å². The molecule has 2 rings (SSSR count). The maximum atomic E-state index is 12.3. The number of benzene rings is 1. The number of aliphatic imine (C=N–C) groups is 1. The molecule has 0 radical (unpaired) electrons. The van der Waals surface area contributed by atoms with Crippen LogP contribution in [0.25, 0.3) is 0 Å². The summed E-state index contributed by atoms with van der Waals surface area (Å²) in [7, 11) is 3.73. The quantitative estimate of drug-likeness (QED) is 0.388. The van der Waals surface area contributed by atoms with Crippen molar-refractivity contribution in [2.45, 2.75) is 32.7 Å². The zero-order chi connectivity index (χ0) is 18.2. The van der Waals surface area contributed by atoms with Crippen molar-refractivity contribution in [2.24, 2.45) is 10.9 Å². The van der Waals surface area contributed by atoms with Crippen molar-refractivity contribution in [3.63, 3.8) is 0 Å². The molecule has 0 aromatic heterocycles. The molecule has 1 atom stereocenters. The van der Waals surface area contributed by atoms with Gasteiger partial charge in [0, 0.05) is 51.7 Å². The molecule has 1 heterocycles. The van der Waals surface area contributed by atoms with Gasteiger partial charge in [0.25, 0.3) is 0 Å². The van der Waals surface area contributed by atoms with Gasteiger partial charge in [0.05, 0.1) is 0 Å². The summed E-state index contributed by atoms with van der Waals surface area (Å²) < 4.78 is 0. The summed E-state index contributed by atoms with van der Waals surface area (Å²) in [6, 6.07) is 7.80. The Labute approximate surface area is 179 Å². The zero-order valence-corrected chi connectivity index (χ0v) is 19.0. The Morgan fingerprint density at radius 1 is 1.46 bits per heavy atom. The van der Waals surface area contributed by atoms with Crippen LogP contribution >= 0.6 is 35.6 Å². The number of nitrogens with zero attached hydrogens (tertiary/aromatic N) is 3. The van der Waals surface area contributed by atoms with Gasteiger partial charge in [-0.3, -0.25) is 9.79 Å². The van der Waals surface area contributed by atoms with Crippen LogP contribution in [0.5, 0.6) is 0 Å². The summed E-state index contributed by atoms with van der Waals surface area (Å²) in [5.74, 6) is 1.62. The number of hydrogen-bond acceptors (Lipinski definition) is 2. The molecule has 146 valence electrons. The molecule has 0 bridgehead atoms. The fourth-order valence-corrected chi connectivity index (χ4v) is 3.44. The lowest BCUT2D eigenvalue weighted by atomic mass is 10.00. The van der Waals surface area contributed by atoms with Gasteiger partial charge in [-0.15, -0.1) is 24.0 Å². The maximum absolute atomic E-state index is 12.3. The number of guanidine groups is 1. The minimum absolute atomic E-state index is 0. The number of hydrogen-bond donors (Lipinski definition) is 1. The third-order valence-electron chi connectivity index (χ3n) is 4.51. The molecule has 1 aliphatic heterocycles. The molecule has 1 N–H and O–H groups in total. The van der Waals surface area contributed by atoms with Crippen LogP contribution in [0.15, 0.2) is 29.3 Å². The molecule has 26 heavy (non-hydrogen) atoms. The van der Waals surface area contributed by atoms with Crippen LogP contribution in [-0.2, 0) is 11.3 Å². The molecule has 1 aliphatic rings. The molecule has 1 aromatic carbocycles. The highest BCUT2D eigenvalue weighted by atomic mass is 127. The molecule has 1 saturated heterocycles. The Hall–Kier alpha value is -1.02. The second-order valence-corrected chi connectivity index (χ2v) is 7.23. The smallest absolute Gasteiger partial charge is 0.224 e. The van der Waals surface area contributed by atoms with E-state index in [1.807, 2.05) is 41.1 Å². The first-order valence-electron chi connectivity index (χ1n) is 8.93. The van der Waals surface area contributed by atoms with Gasteiger partial charge in [-0.1, -0.05) is 30.7 Å². The number of carbonyl (C=O) groups excluding carboxylic acids is 1. The number of carbonyl (C=O) groups is 1. The van der Waals surface area contributed by atoms with Crippen molar-refractivity contribution >= 4 is 47.4 Å². The second-order valence-electron chi connectivity index (χ2n) is 6.80. The van der Waals surface area contributed by atoms with Crippen LogP contribution in [0.2, 0.25) is 5.02 Å². The zero-order valence-electron chi connectivity index (χ0n) is 15.9. The van der Waals surface area contributed by atoms with Crippen molar-refractivity contribution < 1.29 is 4.79 Å². The summed E-state index contributed by atoms with van der Waals surface area (Å²) in [6.45, 7) is 5.30. The molecule has 7 heteroatoms. The van der Waals surface area contributed by atoms with Gasteiger partial charge in [0.1, 0.15) is 0 Å². The van der Waals surface area contributed by atoms with Crippen molar-refractivity contribution in [2.75, 3.05) is 33.7 Å². The SMILES string of the molecule is CN=C(NCCC(=O)N1CCCC(C)C1)N(C)Cc1cccc(Cl)c1.I. The van der Waals surface area contributed by atoms with Crippen molar-refractivity contribution in [1.82, 2.24) is 15.1 Å². The van der Waals surface area contributed by atoms with E-state index in [0.29, 0.717) is 25.4 Å². The summed E-state index contributed by atoms with van der Waals surface area (Å²) in [5.41, 5.74) is 1.12. The lowest BCUT2D eigenvalue weighted by Crippen LogP contribution is -2.42. The maximum Gasteiger partial charge on any atom is 0.224 e. The monoisotopic (exact) mass is 492 g/mol. The summed E-state index contributed by atoms with van der Waals surface area (Å²) in [6.07, 6.45) is 2.84. The van der Waals surface area contributed by atoms with Crippen LogP contribution in [0.4, 0.5) is 0 Å². The number of amides is 1. The molecule has 0 saturated carbocycles. The minimum Gasteiger partial charge on any atom is -0.356 e. The van der Waals surface area contributed by atoms with E-state index in [4.69, 9.17) is 11.6 Å². The average molecular weight is 493 g/mol. The van der Waals surface area contributed by atoms with Crippen molar-refractivity contribution in [1.29, 1.82) is 0 Å². The van der Waals surface area contributed by atoms with Gasteiger partial charge in [-0.25, -0.2) is 0 Å². The van der Waals surface area contributed by atoms with E-state index in [1.165, 1.54) is 6.42 Å². The lowest BCUT2D eigenvalue weighted by Gasteiger charge is -2.31. The fraction of sp³-hybridized carbons (Fsp3) is 0.579. The Kier molecular flexibility index (Phi) is 10.3. The average Bonchev–Trinajstić information content (AvgIpc) is 2.58. The van der Waals surface area contributed by atoms with E-state index in [1.54, 1.807) is 7.05 Å². The predicted octanol–water partition coefficient (Wildman–Crippen LogP) is 3.61. The van der Waals surface area contributed by atoms with Crippen molar-refractivity contribution in [3.8, 4) is 0 Å². The van der Waals surface area contributed by atoms with E-state index in [2.05, 4.69) is 17.2 Å². The van der Waals surface area contributed by atoms with E-state index in [-0.39, 0.29) is 29.9 Å². The number of piperidine rings is 1. The third kappa shape index (κ3) is 7.31. The predicted molar refractivity (Wildman–Crippen MR) is 119 cm³/mol. The van der Waals surface area contributed by atoms with Crippen LogP contribution < -0.4 is 5.32 Å². The van der Waals surface area contributed by atoms with E-state index in [0.717, 1.165) is 36.1 Å². The number of halogens is 2. The fourth-order valence-electron chi connectivity index (χ4n) is 3.22. The van der Waals surface area contributed by atoms with Gasteiger partial charge in [-0.05, 0) is 36.5 Å². The molecule has 1 aromatic rings. The minimum atomic E-state index is 0. The molecular weight excluding hydrogens is 463 g/mol. The molecule has 5 nitrogen and oxygen atoms in total. The highest BCUT2D eigenvalue weighted by Gasteiger charge is 2.20. The van der Waals surface area contributed by atoms with Crippen LogP contribution in [0.1, 0.15) is 31.7 Å². The Morgan fingerprint density at radius 3 is 2.88 bits per heavy atom. The van der Waals surface area contributed by atoms with Gasteiger partial charge in [-0.2, -0.15) is 0 Å². The first kappa shape index (κ1) is 23.0. The van der Waals surface area contributed by atoms with Crippen LogP contribution in [0, 0.1) is 5.92 Å². The molecule has 0 aliphatic carbocycles. The highest BCUT2D eigenvalue weighted by Crippen LogP contribution is 2.16. The highest BCUT2D eigenvalue weighted by molar-refractivity contribution is 14.0. The van der Waals surface area contributed by atoms with Crippen LogP contribution in [-0.4, -0.2) is 55.4 Å². The lowest BCUT2D eigenvalue weighted by molar-refractivity contribution is -0.132. The standard InChI is InChI=1S/C19H29ClN4O.HI/c1-15-6-5-11-24(13-15)18(25)9-10-22-19(21-2)23(3)14-16-7-4-8-17(20)12-16;/h4,7-8,12,15H,5-6,9-11,13-14H2,1-3H3,(H,21,22);1H. The Bertz CT molecular complexity index is 611. The first-order valence-corrected chi connectivity index (χ1v) is 9.31. The number of nitrogens with one attached hydrogen (secondary N) is 1. The van der Waals surface area contributed by atoms with Gasteiger partial charge in [0.2, 0.25) is 5.91 Å². The largest absolute Gasteiger partial charge is 0.356 e. The summed E-state index contributed by atoms with van der Waals surface area (Å²) >= 11 is 6.04. The van der Waals surface area contributed by atoms with Crippen molar-refractivity contribution in [3.05, 3.63) is 34.9 Å². The van der Waals surface area contributed by atoms with Gasteiger partial charge >= 0.3 is 0 Å². The van der Waals surface area contributed by atoms with Gasteiger partial charge < -0.3 is 15.1 Å². The Balaban J connectivity index is 0.00000338. The normalized spacial score (nSPS) is 17.5. The molecule has 1 amide bonds. The number of likely N-dealkylation sites (tertiary alicyclic amines) is 1. The first-order chi connectivity index (χ1) is 12.0.